The average Bonchev–Trinajstić information content (AvgIpc) is 3.03. The summed E-state index contributed by atoms with van der Waals surface area (Å²) in [6, 6.07) is 6.15. The zero-order chi connectivity index (χ0) is 18.5. The Balaban J connectivity index is 1.67. The molecule has 1 aromatic carbocycles. The Morgan fingerprint density at radius 1 is 1.27 bits per heavy atom. The van der Waals surface area contributed by atoms with Gasteiger partial charge in [-0.05, 0) is 56.9 Å². The first-order valence-electron chi connectivity index (χ1n) is 8.87. The Hall–Kier alpha value is -2.15. The Morgan fingerprint density at radius 2 is 2.04 bits per heavy atom. The molecule has 1 aliphatic rings. The number of thioether (sulfide) groups is 1. The summed E-state index contributed by atoms with van der Waals surface area (Å²) in [7, 11) is 1.85. The van der Waals surface area contributed by atoms with Gasteiger partial charge in [0.25, 0.3) is 0 Å². The van der Waals surface area contributed by atoms with Gasteiger partial charge in [0, 0.05) is 24.9 Å². The highest BCUT2D eigenvalue weighted by molar-refractivity contribution is 7.99. The van der Waals surface area contributed by atoms with Crippen molar-refractivity contribution >= 4 is 17.7 Å². The van der Waals surface area contributed by atoms with Gasteiger partial charge >= 0.3 is 0 Å². The molecule has 0 N–H and O–H groups in total. The van der Waals surface area contributed by atoms with Gasteiger partial charge < -0.3 is 9.47 Å². The lowest BCUT2D eigenvalue weighted by Crippen LogP contribution is -2.32. The number of benzene rings is 1. The SMILES string of the molecule is CCN(C(=O)CSc1nnc(-c2ccc(F)cc2)n1C)C1=CCCCC1. The van der Waals surface area contributed by atoms with Crippen molar-refractivity contribution < 1.29 is 9.18 Å². The summed E-state index contributed by atoms with van der Waals surface area (Å²) in [5.74, 6) is 0.785. The minimum absolute atomic E-state index is 0.0944. The highest BCUT2D eigenvalue weighted by atomic mass is 32.2. The Labute approximate surface area is 157 Å². The quantitative estimate of drug-likeness (QED) is 0.717. The zero-order valence-corrected chi connectivity index (χ0v) is 15.9. The molecule has 0 bridgehead atoms. The summed E-state index contributed by atoms with van der Waals surface area (Å²) in [4.78, 5) is 14.5. The van der Waals surface area contributed by atoms with Crippen LogP contribution in [0.1, 0.15) is 32.6 Å². The molecule has 1 aromatic heterocycles. The second-order valence-electron chi connectivity index (χ2n) is 6.24. The molecule has 0 aliphatic heterocycles. The molecule has 3 rings (SSSR count). The third-order valence-electron chi connectivity index (χ3n) is 4.49. The molecular formula is C19H23FN4OS. The third kappa shape index (κ3) is 4.15. The van der Waals surface area contributed by atoms with E-state index in [1.165, 1.54) is 30.3 Å². The maximum absolute atomic E-state index is 13.1. The second kappa shape index (κ2) is 8.49. The molecule has 0 radical (unpaired) electrons. The monoisotopic (exact) mass is 374 g/mol. The lowest BCUT2D eigenvalue weighted by molar-refractivity contribution is -0.126. The molecule has 138 valence electrons. The van der Waals surface area contributed by atoms with Crippen LogP contribution in [0.5, 0.6) is 0 Å². The van der Waals surface area contributed by atoms with Crippen molar-refractivity contribution in [2.45, 2.75) is 37.8 Å². The summed E-state index contributed by atoms with van der Waals surface area (Å²) in [6.07, 6.45) is 6.56. The Kier molecular flexibility index (Phi) is 6.08. The topological polar surface area (TPSA) is 51.0 Å². The van der Waals surface area contributed by atoms with E-state index in [2.05, 4.69) is 16.3 Å². The maximum Gasteiger partial charge on any atom is 0.237 e. The fourth-order valence-electron chi connectivity index (χ4n) is 3.10. The molecule has 0 fully saturated rings. The van der Waals surface area contributed by atoms with Crippen molar-refractivity contribution in [2.24, 2.45) is 7.05 Å². The van der Waals surface area contributed by atoms with Gasteiger partial charge in [0.05, 0.1) is 5.75 Å². The van der Waals surface area contributed by atoms with E-state index in [1.54, 1.807) is 12.1 Å². The number of aromatic nitrogens is 3. The summed E-state index contributed by atoms with van der Waals surface area (Å²) < 4.78 is 14.9. The van der Waals surface area contributed by atoms with Crippen molar-refractivity contribution in [1.29, 1.82) is 0 Å². The number of nitrogens with zero attached hydrogens (tertiary/aromatic N) is 4. The molecule has 26 heavy (non-hydrogen) atoms. The van der Waals surface area contributed by atoms with Crippen molar-refractivity contribution in [2.75, 3.05) is 12.3 Å². The average molecular weight is 374 g/mol. The number of hydrogen-bond acceptors (Lipinski definition) is 4. The predicted octanol–water partition coefficient (Wildman–Crippen LogP) is 4.02. The third-order valence-corrected chi connectivity index (χ3v) is 5.50. The van der Waals surface area contributed by atoms with Crippen LogP contribution in [0.15, 0.2) is 41.2 Å². The van der Waals surface area contributed by atoms with Crippen LogP contribution in [-0.2, 0) is 11.8 Å². The Morgan fingerprint density at radius 3 is 2.69 bits per heavy atom. The molecule has 1 amide bonds. The molecule has 1 aliphatic carbocycles. The smallest absolute Gasteiger partial charge is 0.237 e. The first-order valence-corrected chi connectivity index (χ1v) is 9.86. The van der Waals surface area contributed by atoms with E-state index in [0.29, 0.717) is 23.3 Å². The molecule has 0 saturated carbocycles. The van der Waals surface area contributed by atoms with Crippen molar-refractivity contribution in [3.63, 3.8) is 0 Å². The highest BCUT2D eigenvalue weighted by Crippen LogP contribution is 2.25. The zero-order valence-electron chi connectivity index (χ0n) is 15.1. The van der Waals surface area contributed by atoms with Gasteiger partial charge in [0.1, 0.15) is 5.82 Å². The lowest BCUT2D eigenvalue weighted by atomic mass is 10.0. The first-order chi connectivity index (χ1) is 12.6. The van der Waals surface area contributed by atoms with Gasteiger partial charge in [-0.1, -0.05) is 17.8 Å². The number of amides is 1. The van der Waals surface area contributed by atoms with E-state index < -0.39 is 0 Å². The van der Waals surface area contributed by atoms with Crippen molar-refractivity contribution in [3.05, 3.63) is 41.9 Å². The number of halogens is 1. The van der Waals surface area contributed by atoms with E-state index in [0.717, 1.165) is 30.5 Å². The van der Waals surface area contributed by atoms with Gasteiger partial charge in [-0.15, -0.1) is 10.2 Å². The van der Waals surface area contributed by atoms with Gasteiger partial charge in [-0.2, -0.15) is 0 Å². The van der Waals surface area contributed by atoms with Crippen LogP contribution < -0.4 is 0 Å². The van der Waals surface area contributed by atoms with E-state index >= 15 is 0 Å². The van der Waals surface area contributed by atoms with Crippen LogP contribution in [0, 0.1) is 5.82 Å². The van der Waals surface area contributed by atoms with Gasteiger partial charge in [0.2, 0.25) is 5.91 Å². The predicted molar refractivity (Wildman–Crippen MR) is 101 cm³/mol. The number of carbonyl (C=O) groups is 1. The molecule has 0 atom stereocenters. The van der Waals surface area contributed by atoms with Crippen molar-refractivity contribution in [3.8, 4) is 11.4 Å². The van der Waals surface area contributed by atoms with Crippen LogP contribution in [0.2, 0.25) is 0 Å². The van der Waals surface area contributed by atoms with Crippen molar-refractivity contribution in [1.82, 2.24) is 19.7 Å². The molecule has 7 heteroatoms. The fraction of sp³-hybridized carbons (Fsp3) is 0.421. The van der Waals surface area contributed by atoms with Crippen LogP contribution in [-0.4, -0.2) is 37.9 Å². The largest absolute Gasteiger partial charge is 0.316 e. The summed E-state index contributed by atoms with van der Waals surface area (Å²) >= 11 is 1.38. The standard InChI is InChI=1S/C19H23FN4OS/c1-3-24(16-7-5-4-6-8-16)17(25)13-26-19-22-21-18(23(19)2)14-9-11-15(20)12-10-14/h7,9-12H,3-6,8,13H2,1-2H3. The second-order valence-corrected chi connectivity index (χ2v) is 7.18. The number of hydrogen-bond donors (Lipinski definition) is 0. The first kappa shape index (κ1) is 18.6. The van der Waals surface area contributed by atoms with E-state index in [9.17, 15) is 9.18 Å². The van der Waals surface area contributed by atoms with E-state index in [4.69, 9.17) is 0 Å². The highest BCUT2D eigenvalue weighted by Gasteiger charge is 2.19. The number of rotatable bonds is 6. The molecular weight excluding hydrogens is 351 g/mol. The van der Waals surface area contributed by atoms with Gasteiger partial charge in [-0.3, -0.25) is 4.79 Å². The van der Waals surface area contributed by atoms with Crippen LogP contribution in [0.3, 0.4) is 0 Å². The fourth-order valence-corrected chi connectivity index (χ4v) is 3.89. The minimum Gasteiger partial charge on any atom is -0.316 e. The van der Waals surface area contributed by atoms with E-state index in [1.807, 2.05) is 23.4 Å². The van der Waals surface area contributed by atoms with Crippen LogP contribution in [0.25, 0.3) is 11.4 Å². The molecule has 0 unspecified atom stereocenters. The molecule has 1 heterocycles. The van der Waals surface area contributed by atoms with Crippen LogP contribution >= 0.6 is 11.8 Å². The van der Waals surface area contributed by atoms with E-state index in [-0.39, 0.29) is 11.7 Å². The molecule has 0 spiro atoms. The van der Waals surface area contributed by atoms with Gasteiger partial charge in [-0.25, -0.2) is 4.39 Å². The van der Waals surface area contributed by atoms with Crippen LogP contribution in [0.4, 0.5) is 4.39 Å². The summed E-state index contributed by atoms with van der Waals surface area (Å²) in [5, 5.41) is 9.04. The molecule has 0 saturated heterocycles. The Bertz CT molecular complexity index is 800. The summed E-state index contributed by atoms with van der Waals surface area (Å²) in [6.45, 7) is 2.69. The minimum atomic E-state index is -0.284. The lowest BCUT2D eigenvalue weighted by Gasteiger charge is -2.26. The maximum atomic E-state index is 13.1. The number of carbonyl (C=O) groups excluding carboxylic acids is 1. The number of allylic oxidation sites excluding steroid dienone is 2. The normalized spacial score (nSPS) is 14.2. The van der Waals surface area contributed by atoms with Gasteiger partial charge in [0.15, 0.2) is 11.0 Å². The molecule has 5 nitrogen and oxygen atoms in total. The summed E-state index contributed by atoms with van der Waals surface area (Å²) in [5.41, 5.74) is 1.94. The molecule has 2 aromatic rings.